The van der Waals surface area contributed by atoms with E-state index in [4.69, 9.17) is 11.1 Å². The average molecular weight is 331 g/mol. The molecule has 0 spiro atoms. The van der Waals surface area contributed by atoms with Crippen LogP contribution in [0.5, 0.6) is 0 Å². The van der Waals surface area contributed by atoms with Gasteiger partial charge in [0.25, 0.3) is 0 Å². The molecular weight excluding hydrogens is 304 g/mol. The molecule has 1 aromatic rings. The van der Waals surface area contributed by atoms with Gasteiger partial charge >= 0.3 is 0 Å². The Kier molecular flexibility index (Phi) is 9.92. The van der Waals surface area contributed by atoms with Crippen LogP contribution in [0.15, 0.2) is 30.3 Å². The Morgan fingerprint density at radius 1 is 1.08 bits per heavy atom. The summed E-state index contributed by atoms with van der Waals surface area (Å²) in [6.45, 7) is 1.33. The van der Waals surface area contributed by atoms with Crippen LogP contribution in [-0.4, -0.2) is 31.2 Å². The number of rotatable bonds is 12. The van der Waals surface area contributed by atoms with Crippen LogP contribution in [0.3, 0.4) is 0 Å². The zero-order valence-electron chi connectivity index (χ0n) is 14.0. The predicted molar refractivity (Wildman–Crippen MR) is 95.3 cm³/mol. The monoisotopic (exact) mass is 331 g/mol. The highest BCUT2D eigenvalue weighted by atomic mass is 16.1. The van der Waals surface area contributed by atoms with Crippen molar-refractivity contribution in [2.45, 2.75) is 38.5 Å². The van der Waals surface area contributed by atoms with E-state index in [9.17, 15) is 9.59 Å². The summed E-state index contributed by atoms with van der Waals surface area (Å²) in [5, 5.41) is 12.6. The molecule has 6 heteroatoms. The Bertz CT molecular complexity index is 505. The maximum Gasteiger partial charge on any atom is 0.220 e. The van der Waals surface area contributed by atoms with Crippen LogP contribution in [0.2, 0.25) is 0 Å². The molecule has 24 heavy (non-hydrogen) atoms. The highest BCUT2D eigenvalue weighted by Crippen LogP contribution is 2.10. The van der Waals surface area contributed by atoms with Gasteiger partial charge in [0.1, 0.15) is 0 Å². The van der Waals surface area contributed by atoms with Gasteiger partial charge < -0.3 is 16.4 Å². The molecule has 1 unspecified atom stereocenters. The van der Waals surface area contributed by atoms with E-state index >= 15 is 0 Å². The number of benzene rings is 1. The SMILES string of the molecule is N=C(N)NCCCCCCNC(=O)CC([C]=O)Cc1ccccc1. The second-order valence-corrected chi connectivity index (χ2v) is 5.81. The molecule has 1 amide bonds. The molecule has 131 valence electrons. The summed E-state index contributed by atoms with van der Waals surface area (Å²) in [5.74, 6) is -0.498. The van der Waals surface area contributed by atoms with E-state index in [-0.39, 0.29) is 18.3 Å². The number of guanidine groups is 1. The fourth-order valence-electron chi connectivity index (χ4n) is 2.40. The Morgan fingerprint density at radius 2 is 1.71 bits per heavy atom. The normalized spacial score (nSPS) is 11.5. The van der Waals surface area contributed by atoms with Crippen molar-refractivity contribution in [2.24, 2.45) is 11.7 Å². The zero-order valence-corrected chi connectivity index (χ0v) is 14.0. The van der Waals surface area contributed by atoms with Gasteiger partial charge in [-0.25, -0.2) is 0 Å². The fourth-order valence-corrected chi connectivity index (χ4v) is 2.40. The molecule has 0 aromatic heterocycles. The highest BCUT2D eigenvalue weighted by molar-refractivity contribution is 5.79. The number of carbonyl (C=O) groups excluding carboxylic acids is 2. The predicted octanol–water partition coefficient (Wildman–Crippen LogP) is 1.50. The quantitative estimate of drug-likeness (QED) is 0.264. The topological polar surface area (TPSA) is 108 Å². The summed E-state index contributed by atoms with van der Waals surface area (Å²) in [5.41, 5.74) is 6.22. The zero-order chi connectivity index (χ0) is 17.6. The number of unbranched alkanes of at least 4 members (excludes halogenated alkanes) is 3. The van der Waals surface area contributed by atoms with E-state index in [1.54, 1.807) is 0 Å². The van der Waals surface area contributed by atoms with Gasteiger partial charge in [-0.05, 0) is 24.8 Å². The lowest BCUT2D eigenvalue weighted by Gasteiger charge is -2.10. The molecule has 0 fully saturated rings. The second kappa shape index (κ2) is 12.1. The molecule has 0 aliphatic rings. The lowest BCUT2D eigenvalue weighted by molar-refractivity contribution is -0.121. The fraction of sp³-hybridized carbons (Fsp3) is 0.500. The first-order chi connectivity index (χ1) is 11.6. The Balaban J connectivity index is 2.09. The third kappa shape index (κ3) is 9.61. The van der Waals surface area contributed by atoms with Crippen molar-refractivity contribution >= 4 is 18.2 Å². The van der Waals surface area contributed by atoms with Crippen molar-refractivity contribution in [1.82, 2.24) is 10.6 Å². The van der Waals surface area contributed by atoms with E-state index < -0.39 is 5.92 Å². The minimum atomic E-state index is -0.398. The minimum Gasteiger partial charge on any atom is -0.370 e. The maximum absolute atomic E-state index is 11.9. The van der Waals surface area contributed by atoms with Gasteiger partial charge in [0.2, 0.25) is 12.2 Å². The smallest absolute Gasteiger partial charge is 0.220 e. The summed E-state index contributed by atoms with van der Waals surface area (Å²) in [7, 11) is 0. The summed E-state index contributed by atoms with van der Waals surface area (Å²) < 4.78 is 0. The van der Waals surface area contributed by atoms with E-state index in [1.165, 1.54) is 0 Å². The van der Waals surface area contributed by atoms with E-state index in [2.05, 4.69) is 10.6 Å². The second-order valence-electron chi connectivity index (χ2n) is 5.81. The number of nitrogens with one attached hydrogen (secondary N) is 3. The summed E-state index contributed by atoms with van der Waals surface area (Å²) in [6, 6.07) is 9.66. The Labute approximate surface area is 143 Å². The van der Waals surface area contributed by atoms with Gasteiger partial charge in [0.05, 0.1) is 0 Å². The van der Waals surface area contributed by atoms with Crippen LogP contribution in [0.25, 0.3) is 0 Å². The molecule has 1 aromatic carbocycles. The van der Waals surface area contributed by atoms with Crippen LogP contribution in [0.4, 0.5) is 0 Å². The molecule has 5 N–H and O–H groups in total. The van der Waals surface area contributed by atoms with Gasteiger partial charge in [-0.2, -0.15) is 0 Å². The van der Waals surface area contributed by atoms with Crippen molar-refractivity contribution in [3.63, 3.8) is 0 Å². The molecule has 1 rings (SSSR count). The first-order valence-corrected chi connectivity index (χ1v) is 8.38. The molecule has 0 saturated heterocycles. The van der Waals surface area contributed by atoms with Crippen LogP contribution in [0, 0.1) is 11.3 Å². The van der Waals surface area contributed by atoms with Crippen LogP contribution in [-0.2, 0) is 16.0 Å². The van der Waals surface area contributed by atoms with E-state index in [0.29, 0.717) is 19.5 Å². The Hall–Kier alpha value is -2.37. The number of hydrogen-bond donors (Lipinski definition) is 4. The lowest BCUT2D eigenvalue weighted by Crippen LogP contribution is -2.30. The third-order valence-electron chi connectivity index (χ3n) is 3.66. The van der Waals surface area contributed by atoms with Crippen molar-refractivity contribution < 1.29 is 9.59 Å². The summed E-state index contributed by atoms with van der Waals surface area (Å²) >= 11 is 0. The Morgan fingerprint density at radius 3 is 2.29 bits per heavy atom. The van der Waals surface area contributed by atoms with E-state index in [0.717, 1.165) is 31.2 Å². The van der Waals surface area contributed by atoms with E-state index in [1.807, 2.05) is 36.6 Å². The van der Waals surface area contributed by atoms with Gasteiger partial charge in [0.15, 0.2) is 5.96 Å². The molecule has 0 saturated carbocycles. The van der Waals surface area contributed by atoms with Crippen molar-refractivity contribution in [1.29, 1.82) is 5.41 Å². The number of hydrogen-bond acceptors (Lipinski definition) is 3. The molecule has 1 radical (unpaired) electrons. The molecule has 1 atom stereocenters. The van der Waals surface area contributed by atoms with Gasteiger partial charge in [-0.15, -0.1) is 0 Å². The van der Waals surface area contributed by atoms with Crippen LogP contribution in [0.1, 0.15) is 37.7 Å². The number of carbonyl (C=O) groups is 1. The maximum atomic E-state index is 11.9. The van der Waals surface area contributed by atoms with Crippen molar-refractivity contribution in [3.05, 3.63) is 35.9 Å². The average Bonchev–Trinajstić information content (AvgIpc) is 2.57. The summed E-state index contributed by atoms with van der Waals surface area (Å²) in [4.78, 5) is 22.9. The first kappa shape index (κ1) is 19.7. The largest absolute Gasteiger partial charge is 0.370 e. The lowest BCUT2D eigenvalue weighted by atomic mass is 9.97. The van der Waals surface area contributed by atoms with Crippen LogP contribution < -0.4 is 16.4 Å². The molecular formula is C18H27N4O2. The molecule has 0 aliphatic carbocycles. The van der Waals surface area contributed by atoms with Gasteiger partial charge in [0, 0.05) is 25.4 Å². The minimum absolute atomic E-state index is 0.000645. The standard InChI is InChI=1S/C18H27N4O2/c19-18(20)22-11-7-2-1-6-10-21-17(24)13-16(14-23)12-15-8-4-3-5-9-15/h3-5,8-9,16H,1-2,6-7,10-13H2,(H,21,24)(H4,19,20,22). The van der Waals surface area contributed by atoms with Gasteiger partial charge in [-0.1, -0.05) is 43.2 Å². The van der Waals surface area contributed by atoms with Crippen molar-refractivity contribution in [2.75, 3.05) is 13.1 Å². The molecule has 6 nitrogen and oxygen atoms in total. The van der Waals surface area contributed by atoms with Crippen molar-refractivity contribution in [3.8, 4) is 0 Å². The number of amides is 1. The van der Waals surface area contributed by atoms with Crippen LogP contribution >= 0.6 is 0 Å². The molecule has 0 bridgehead atoms. The molecule has 0 heterocycles. The first-order valence-electron chi connectivity index (χ1n) is 8.38. The number of nitrogens with two attached hydrogens (primary N) is 1. The summed E-state index contributed by atoms with van der Waals surface area (Å²) in [6.07, 6.45) is 6.58. The highest BCUT2D eigenvalue weighted by Gasteiger charge is 2.14. The molecule has 0 aliphatic heterocycles. The third-order valence-corrected chi connectivity index (χ3v) is 3.66. The van der Waals surface area contributed by atoms with Gasteiger partial charge in [-0.3, -0.25) is 15.0 Å².